The third-order valence-corrected chi connectivity index (χ3v) is 3.88. The number of aromatic nitrogens is 1. The highest BCUT2D eigenvalue weighted by Gasteiger charge is 2.15. The molecule has 5 heteroatoms. The van der Waals surface area contributed by atoms with Crippen molar-refractivity contribution < 1.29 is 4.74 Å². The van der Waals surface area contributed by atoms with Crippen molar-refractivity contribution in [3.63, 3.8) is 0 Å². The predicted molar refractivity (Wildman–Crippen MR) is 86.4 cm³/mol. The first-order chi connectivity index (χ1) is 10.2. The number of aliphatic imine (C=N–C) groups is 1. The minimum Gasteiger partial charge on any atom is -0.378 e. The second-order valence-corrected chi connectivity index (χ2v) is 5.63. The third kappa shape index (κ3) is 4.77. The Morgan fingerprint density at radius 3 is 3.05 bits per heavy atom. The highest BCUT2D eigenvalue weighted by atomic mass is 16.5. The van der Waals surface area contributed by atoms with E-state index < -0.39 is 0 Å². The highest BCUT2D eigenvalue weighted by Crippen LogP contribution is 2.15. The van der Waals surface area contributed by atoms with Gasteiger partial charge in [-0.3, -0.25) is 4.99 Å². The Morgan fingerprint density at radius 1 is 1.57 bits per heavy atom. The summed E-state index contributed by atoms with van der Waals surface area (Å²) >= 11 is 0. The summed E-state index contributed by atoms with van der Waals surface area (Å²) in [5.41, 5.74) is 1.28. The van der Waals surface area contributed by atoms with Gasteiger partial charge in [-0.25, -0.2) is 0 Å². The number of aryl methyl sites for hydroxylation is 1. The maximum absolute atomic E-state index is 5.65. The molecule has 1 unspecified atom stereocenters. The van der Waals surface area contributed by atoms with Crippen molar-refractivity contribution in [2.24, 2.45) is 12.0 Å². The van der Waals surface area contributed by atoms with Crippen LogP contribution in [-0.2, 0) is 18.3 Å². The van der Waals surface area contributed by atoms with Crippen molar-refractivity contribution in [2.75, 3.05) is 26.7 Å². The maximum atomic E-state index is 5.65. The predicted octanol–water partition coefficient (Wildman–Crippen LogP) is 1.99. The van der Waals surface area contributed by atoms with Crippen molar-refractivity contribution in [1.29, 1.82) is 0 Å². The molecule has 2 rings (SSSR count). The first-order valence-electron chi connectivity index (χ1n) is 7.92. The molecule has 1 aromatic heterocycles. The number of ether oxygens (including phenoxy) is 1. The van der Waals surface area contributed by atoms with Gasteiger partial charge in [0.05, 0.1) is 12.6 Å². The number of nitrogens with zero attached hydrogens (tertiary/aromatic N) is 3. The van der Waals surface area contributed by atoms with Gasteiger partial charge in [0.15, 0.2) is 5.96 Å². The van der Waals surface area contributed by atoms with E-state index in [2.05, 4.69) is 54.1 Å². The van der Waals surface area contributed by atoms with Gasteiger partial charge in [-0.15, -0.1) is 0 Å². The van der Waals surface area contributed by atoms with Gasteiger partial charge in [0.25, 0.3) is 0 Å². The second kappa shape index (κ2) is 8.08. The van der Waals surface area contributed by atoms with Gasteiger partial charge in [-0.2, -0.15) is 0 Å². The van der Waals surface area contributed by atoms with Crippen LogP contribution >= 0.6 is 0 Å². The average Bonchev–Trinajstić information content (AvgIpc) is 3.10. The summed E-state index contributed by atoms with van der Waals surface area (Å²) in [6.45, 7) is 5.59. The zero-order valence-electron chi connectivity index (χ0n) is 13.5. The van der Waals surface area contributed by atoms with E-state index in [0.717, 1.165) is 38.6 Å². The van der Waals surface area contributed by atoms with Crippen molar-refractivity contribution in [2.45, 2.75) is 38.8 Å². The van der Waals surface area contributed by atoms with E-state index in [1.165, 1.54) is 18.5 Å². The van der Waals surface area contributed by atoms with Crippen LogP contribution in [-0.4, -0.2) is 48.3 Å². The molecule has 1 saturated heterocycles. The smallest absolute Gasteiger partial charge is 0.194 e. The lowest BCUT2D eigenvalue weighted by molar-refractivity contribution is 0.106. The molecule has 1 N–H and O–H groups in total. The second-order valence-electron chi connectivity index (χ2n) is 5.63. The molecule has 1 aromatic rings. The molecule has 1 aliphatic heterocycles. The number of nitrogens with one attached hydrogen (secondary N) is 1. The van der Waals surface area contributed by atoms with Crippen molar-refractivity contribution in [1.82, 2.24) is 14.8 Å². The Bertz CT molecular complexity index is 449. The fourth-order valence-electron chi connectivity index (χ4n) is 2.63. The minimum absolute atomic E-state index is 0.412. The molecule has 0 saturated carbocycles. The monoisotopic (exact) mass is 292 g/mol. The lowest BCUT2D eigenvalue weighted by Crippen LogP contribution is -2.39. The van der Waals surface area contributed by atoms with E-state index >= 15 is 0 Å². The molecule has 1 fully saturated rings. The summed E-state index contributed by atoms with van der Waals surface area (Å²) in [5, 5.41) is 3.37. The van der Waals surface area contributed by atoms with Gasteiger partial charge in [0.1, 0.15) is 0 Å². The van der Waals surface area contributed by atoms with Crippen molar-refractivity contribution >= 4 is 5.96 Å². The van der Waals surface area contributed by atoms with E-state index in [0.29, 0.717) is 6.10 Å². The molecule has 0 aromatic carbocycles. The van der Waals surface area contributed by atoms with Crippen molar-refractivity contribution in [3.8, 4) is 0 Å². The van der Waals surface area contributed by atoms with Crippen LogP contribution in [0.25, 0.3) is 0 Å². The molecule has 0 amide bonds. The van der Waals surface area contributed by atoms with Crippen LogP contribution in [0.15, 0.2) is 23.3 Å². The third-order valence-electron chi connectivity index (χ3n) is 3.88. The molecule has 0 aliphatic carbocycles. The molecule has 21 heavy (non-hydrogen) atoms. The topological polar surface area (TPSA) is 41.8 Å². The standard InChI is InChI=1S/C16H28N4O/c1-4-17-16(18-10-9-15-8-6-12-21-15)20(3)13-14-7-5-11-19(14)2/h5,7,11,15H,4,6,8-10,12-13H2,1-3H3,(H,17,18). The zero-order valence-corrected chi connectivity index (χ0v) is 13.5. The number of hydrogen-bond donors (Lipinski definition) is 1. The minimum atomic E-state index is 0.412. The summed E-state index contributed by atoms with van der Waals surface area (Å²) in [7, 11) is 4.16. The normalized spacial score (nSPS) is 19.0. The van der Waals surface area contributed by atoms with Gasteiger partial charge >= 0.3 is 0 Å². The molecular formula is C16H28N4O. The number of guanidine groups is 1. The fraction of sp³-hybridized carbons (Fsp3) is 0.688. The first-order valence-corrected chi connectivity index (χ1v) is 7.92. The van der Waals surface area contributed by atoms with E-state index in [9.17, 15) is 0 Å². The quantitative estimate of drug-likeness (QED) is 0.644. The van der Waals surface area contributed by atoms with Crippen LogP contribution in [0.2, 0.25) is 0 Å². The van der Waals surface area contributed by atoms with Crippen LogP contribution in [0.4, 0.5) is 0 Å². The van der Waals surface area contributed by atoms with Gasteiger partial charge < -0.3 is 19.5 Å². The Balaban J connectivity index is 1.88. The summed E-state index contributed by atoms with van der Waals surface area (Å²) in [4.78, 5) is 6.90. The van der Waals surface area contributed by atoms with Crippen LogP contribution in [0, 0.1) is 0 Å². The lowest BCUT2D eigenvalue weighted by Gasteiger charge is -2.22. The molecule has 0 spiro atoms. The van der Waals surface area contributed by atoms with Gasteiger partial charge in [-0.1, -0.05) is 0 Å². The van der Waals surface area contributed by atoms with Crippen LogP contribution < -0.4 is 5.32 Å². The number of rotatable bonds is 6. The SMILES string of the molecule is CCNC(=NCCC1CCCO1)N(C)Cc1cccn1C. The largest absolute Gasteiger partial charge is 0.378 e. The first kappa shape index (κ1) is 15.9. The van der Waals surface area contributed by atoms with E-state index in [4.69, 9.17) is 9.73 Å². The summed E-state index contributed by atoms with van der Waals surface area (Å²) in [5.74, 6) is 0.969. The molecule has 1 aliphatic rings. The van der Waals surface area contributed by atoms with Crippen LogP contribution in [0.3, 0.4) is 0 Å². The van der Waals surface area contributed by atoms with E-state index in [1.807, 2.05) is 0 Å². The lowest BCUT2D eigenvalue weighted by atomic mass is 10.2. The summed E-state index contributed by atoms with van der Waals surface area (Å²) < 4.78 is 7.79. The highest BCUT2D eigenvalue weighted by molar-refractivity contribution is 5.79. The van der Waals surface area contributed by atoms with Gasteiger partial charge in [0, 0.05) is 45.7 Å². The molecule has 118 valence electrons. The summed E-state index contributed by atoms with van der Waals surface area (Å²) in [6.07, 6.45) is 5.89. The van der Waals surface area contributed by atoms with Crippen LogP contribution in [0.1, 0.15) is 31.9 Å². The average molecular weight is 292 g/mol. The molecule has 0 bridgehead atoms. The molecule has 1 atom stereocenters. The molecular weight excluding hydrogens is 264 g/mol. The Labute approximate surface area is 128 Å². The maximum Gasteiger partial charge on any atom is 0.194 e. The van der Waals surface area contributed by atoms with E-state index in [1.54, 1.807) is 0 Å². The van der Waals surface area contributed by atoms with Gasteiger partial charge in [-0.05, 0) is 38.3 Å². The molecule has 0 radical (unpaired) electrons. The van der Waals surface area contributed by atoms with Gasteiger partial charge in [0.2, 0.25) is 0 Å². The van der Waals surface area contributed by atoms with E-state index in [-0.39, 0.29) is 0 Å². The Hall–Kier alpha value is -1.49. The fourth-order valence-corrected chi connectivity index (χ4v) is 2.63. The number of hydrogen-bond acceptors (Lipinski definition) is 2. The summed E-state index contributed by atoms with van der Waals surface area (Å²) in [6, 6.07) is 4.22. The Morgan fingerprint density at radius 2 is 2.43 bits per heavy atom. The Kier molecular flexibility index (Phi) is 6.11. The molecule has 5 nitrogen and oxygen atoms in total. The van der Waals surface area contributed by atoms with Crippen molar-refractivity contribution in [3.05, 3.63) is 24.0 Å². The zero-order chi connectivity index (χ0) is 15.1. The van der Waals surface area contributed by atoms with Crippen LogP contribution in [0.5, 0.6) is 0 Å². The molecule has 2 heterocycles.